The quantitative estimate of drug-likeness (QED) is 0.677. The average molecular weight is 356 g/mol. The van der Waals surface area contributed by atoms with Crippen molar-refractivity contribution >= 4 is 0 Å². The van der Waals surface area contributed by atoms with Gasteiger partial charge in [0.1, 0.15) is 17.4 Å². The molecule has 134 valence electrons. The van der Waals surface area contributed by atoms with Gasteiger partial charge in [-0.2, -0.15) is 5.26 Å². The van der Waals surface area contributed by atoms with Crippen LogP contribution in [0, 0.1) is 11.3 Å². The number of fused-ring (bicyclic) bond motifs is 3. The number of aromatic nitrogens is 1. The fourth-order valence-corrected chi connectivity index (χ4v) is 3.82. The van der Waals surface area contributed by atoms with Crippen molar-refractivity contribution in [3.63, 3.8) is 0 Å². The number of rotatable bonds is 3. The predicted molar refractivity (Wildman–Crippen MR) is 105 cm³/mol. The van der Waals surface area contributed by atoms with Crippen LogP contribution in [0.1, 0.15) is 23.1 Å². The molecule has 0 saturated carbocycles. The highest BCUT2D eigenvalue weighted by molar-refractivity contribution is 5.84. The molecule has 0 bridgehead atoms. The molecule has 0 saturated heterocycles. The normalized spacial score (nSPS) is 12.3. The first-order chi connectivity index (χ1) is 13.3. The predicted octanol–water partition coefficient (Wildman–Crippen LogP) is 4.79. The fourth-order valence-electron chi connectivity index (χ4n) is 3.82. The highest BCUT2D eigenvalue weighted by Crippen LogP contribution is 2.41. The van der Waals surface area contributed by atoms with Crippen molar-refractivity contribution in [3.05, 3.63) is 65.2 Å². The molecular formula is C23H20N2O2. The average Bonchev–Trinajstić information content (AvgIpc) is 2.91. The Morgan fingerprint density at radius 3 is 2.44 bits per heavy atom. The van der Waals surface area contributed by atoms with E-state index in [1.807, 2.05) is 30.3 Å². The van der Waals surface area contributed by atoms with Crippen molar-refractivity contribution < 1.29 is 9.47 Å². The number of nitrogens with zero attached hydrogens (tertiary/aromatic N) is 2. The van der Waals surface area contributed by atoms with Gasteiger partial charge in [-0.15, -0.1) is 0 Å². The SMILES string of the molecule is COc1ccc(-c2c(C#N)c(OC)nc3c2CCCc2ccccc2-3)cc1. The Hall–Kier alpha value is -3.32. The van der Waals surface area contributed by atoms with Crippen LogP contribution in [0.5, 0.6) is 11.6 Å². The molecule has 0 fully saturated rings. The van der Waals surface area contributed by atoms with Crippen molar-refractivity contribution in [2.75, 3.05) is 14.2 Å². The van der Waals surface area contributed by atoms with Gasteiger partial charge < -0.3 is 9.47 Å². The molecule has 1 aliphatic rings. The van der Waals surface area contributed by atoms with E-state index in [-0.39, 0.29) is 0 Å². The minimum absolute atomic E-state index is 0.374. The van der Waals surface area contributed by atoms with Gasteiger partial charge in [-0.3, -0.25) is 0 Å². The minimum atomic E-state index is 0.374. The van der Waals surface area contributed by atoms with Crippen LogP contribution in [0.15, 0.2) is 48.5 Å². The van der Waals surface area contributed by atoms with Crippen LogP contribution >= 0.6 is 0 Å². The smallest absolute Gasteiger partial charge is 0.232 e. The van der Waals surface area contributed by atoms with Crippen LogP contribution in [0.25, 0.3) is 22.4 Å². The first-order valence-electron chi connectivity index (χ1n) is 9.00. The van der Waals surface area contributed by atoms with E-state index in [9.17, 15) is 5.26 Å². The summed E-state index contributed by atoms with van der Waals surface area (Å²) in [5, 5.41) is 9.86. The summed E-state index contributed by atoms with van der Waals surface area (Å²) in [5.41, 5.74) is 6.83. The van der Waals surface area contributed by atoms with Gasteiger partial charge in [-0.1, -0.05) is 36.4 Å². The van der Waals surface area contributed by atoms with Gasteiger partial charge in [0.05, 0.1) is 19.9 Å². The fraction of sp³-hybridized carbons (Fsp3) is 0.217. The highest BCUT2D eigenvalue weighted by atomic mass is 16.5. The molecule has 2 aromatic carbocycles. The third-order valence-electron chi connectivity index (χ3n) is 5.09. The van der Waals surface area contributed by atoms with Crippen LogP contribution in [0.3, 0.4) is 0 Å². The van der Waals surface area contributed by atoms with Crippen molar-refractivity contribution in [3.8, 4) is 40.1 Å². The monoisotopic (exact) mass is 356 g/mol. The lowest BCUT2D eigenvalue weighted by Gasteiger charge is -2.17. The van der Waals surface area contributed by atoms with E-state index in [1.54, 1.807) is 14.2 Å². The summed E-state index contributed by atoms with van der Waals surface area (Å²) in [7, 11) is 3.21. The summed E-state index contributed by atoms with van der Waals surface area (Å²) in [6, 6.07) is 18.5. The van der Waals surface area contributed by atoms with Crippen molar-refractivity contribution in [2.24, 2.45) is 0 Å². The lowest BCUT2D eigenvalue weighted by atomic mass is 9.91. The Morgan fingerprint density at radius 1 is 0.963 bits per heavy atom. The number of nitriles is 1. The summed E-state index contributed by atoms with van der Waals surface area (Å²) < 4.78 is 10.8. The number of hydrogen-bond donors (Lipinski definition) is 0. The van der Waals surface area contributed by atoms with E-state index in [4.69, 9.17) is 14.5 Å². The van der Waals surface area contributed by atoms with Gasteiger partial charge in [0.25, 0.3) is 0 Å². The minimum Gasteiger partial charge on any atom is -0.497 e. The van der Waals surface area contributed by atoms with Crippen LogP contribution in [0.2, 0.25) is 0 Å². The molecule has 0 unspecified atom stereocenters. The molecule has 0 amide bonds. The molecule has 3 aromatic rings. The molecule has 4 rings (SSSR count). The van der Waals surface area contributed by atoms with Gasteiger partial charge in [0.15, 0.2) is 0 Å². The second kappa shape index (κ2) is 7.13. The zero-order chi connectivity index (χ0) is 18.8. The maximum Gasteiger partial charge on any atom is 0.232 e. The molecule has 0 aliphatic heterocycles. The van der Waals surface area contributed by atoms with Crippen LogP contribution in [0.4, 0.5) is 0 Å². The molecule has 0 N–H and O–H groups in total. The second-order valence-electron chi connectivity index (χ2n) is 6.55. The van der Waals surface area contributed by atoms with Crippen molar-refractivity contribution in [1.29, 1.82) is 5.26 Å². The summed E-state index contributed by atoms with van der Waals surface area (Å²) in [6.45, 7) is 0. The van der Waals surface area contributed by atoms with Crippen LogP contribution < -0.4 is 9.47 Å². The second-order valence-corrected chi connectivity index (χ2v) is 6.55. The summed E-state index contributed by atoms with van der Waals surface area (Å²) in [5.74, 6) is 1.16. The molecule has 4 nitrogen and oxygen atoms in total. The highest BCUT2D eigenvalue weighted by Gasteiger charge is 2.25. The van der Waals surface area contributed by atoms with E-state index in [2.05, 4.69) is 24.3 Å². The standard InChI is InChI=1S/C23H20N2O2/c1-26-17-12-10-16(11-13-17)21-19-9-5-7-15-6-3-4-8-18(15)22(19)25-23(27-2)20(21)14-24/h3-4,6,8,10-13H,5,7,9H2,1-2H3. The van der Waals surface area contributed by atoms with Crippen molar-refractivity contribution in [1.82, 2.24) is 4.98 Å². The molecule has 4 heteroatoms. The third-order valence-corrected chi connectivity index (χ3v) is 5.09. The third kappa shape index (κ3) is 2.92. The number of methoxy groups -OCH3 is 2. The Labute approximate surface area is 159 Å². The number of benzene rings is 2. The van der Waals surface area contributed by atoms with Crippen molar-refractivity contribution in [2.45, 2.75) is 19.3 Å². The Bertz CT molecular complexity index is 1030. The van der Waals surface area contributed by atoms with E-state index in [1.165, 1.54) is 5.56 Å². The molecule has 0 radical (unpaired) electrons. The van der Waals surface area contributed by atoms with Gasteiger partial charge in [-0.05, 0) is 48.1 Å². The van der Waals surface area contributed by atoms with Crippen LogP contribution in [-0.4, -0.2) is 19.2 Å². The van der Waals surface area contributed by atoms with E-state index in [0.717, 1.165) is 53.0 Å². The van der Waals surface area contributed by atoms with E-state index < -0.39 is 0 Å². The molecular weight excluding hydrogens is 336 g/mol. The lowest BCUT2D eigenvalue weighted by Crippen LogP contribution is -2.03. The Kier molecular flexibility index (Phi) is 4.52. The molecule has 0 spiro atoms. The topological polar surface area (TPSA) is 55.1 Å². The van der Waals surface area contributed by atoms with E-state index in [0.29, 0.717) is 11.4 Å². The Balaban J connectivity index is 2.04. The maximum atomic E-state index is 9.86. The molecule has 1 heterocycles. The van der Waals surface area contributed by atoms with Gasteiger partial charge in [0, 0.05) is 11.1 Å². The maximum absolute atomic E-state index is 9.86. The first-order valence-corrected chi connectivity index (χ1v) is 9.00. The van der Waals surface area contributed by atoms with Crippen LogP contribution in [-0.2, 0) is 12.8 Å². The largest absolute Gasteiger partial charge is 0.497 e. The molecule has 1 aliphatic carbocycles. The zero-order valence-corrected chi connectivity index (χ0v) is 15.5. The first kappa shape index (κ1) is 17.1. The number of pyridine rings is 1. The Morgan fingerprint density at radius 2 is 1.74 bits per heavy atom. The van der Waals surface area contributed by atoms with Gasteiger partial charge in [0.2, 0.25) is 5.88 Å². The molecule has 0 atom stereocenters. The number of ether oxygens (including phenoxy) is 2. The molecule has 1 aromatic heterocycles. The summed E-state index contributed by atoms with van der Waals surface area (Å²) in [6.07, 6.45) is 2.89. The van der Waals surface area contributed by atoms with Gasteiger partial charge in [-0.25, -0.2) is 4.98 Å². The number of aryl methyl sites for hydroxylation is 1. The van der Waals surface area contributed by atoms with E-state index >= 15 is 0 Å². The summed E-state index contributed by atoms with van der Waals surface area (Å²) >= 11 is 0. The number of hydrogen-bond acceptors (Lipinski definition) is 4. The zero-order valence-electron chi connectivity index (χ0n) is 15.5. The van der Waals surface area contributed by atoms with Gasteiger partial charge >= 0.3 is 0 Å². The molecule has 27 heavy (non-hydrogen) atoms. The summed E-state index contributed by atoms with van der Waals surface area (Å²) in [4.78, 5) is 4.75. The lowest BCUT2D eigenvalue weighted by molar-refractivity contribution is 0.397.